The second-order valence-corrected chi connectivity index (χ2v) is 4.74. The molecule has 0 atom stereocenters. The molecule has 0 saturated heterocycles. The predicted molar refractivity (Wildman–Crippen MR) is 88.0 cm³/mol. The molecule has 2 aromatic rings. The van der Waals surface area contributed by atoms with Gasteiger partial charge in [0.1, 0.15) is 0 Å². The topological polar surface area (TPSA) is 59.6 Å². The Morgan fingerprint density at radius 3 is 2.41 bits per heavy atom. The number of urea groups is 1. The maximum Gasteiger partial charge on any atom is 0.319 e. The van der Waals surface area contributed by atoms with Crippen molar-refractivity contribution < 1.29 is 14.3 Å². The van der Waals surface area contributed by atoms with Crippen LogP contribution in [0.25, 0.3) is 10.8 Å². The number of anilines is 1. The number of carbonyl (C=O) groups excluding carboxylic acids is 1. The fourth-order valence-corrected chi connectivity index (χ4v) is 2.16. The highest BCUT2D eigenvalue weighted by atomic mass is 16.7. The van der Waals surface area contributed by atoms with E-state index in [1.54, 1.807) is 0 Å². The summed E-state index contributed by atoms with van der Waals surface area (Å²) in [7, 11) is 0. The number of hydrogen-bond acceptors (Lipinski definition) is 3. The standard InChI is InChI=1S/C17H22N2O3/c1-3-21-16(22-4-2)12-18-17(20)19-15-10-9-13-7-5-6-8-14(13)11-15/h5-11,16H,3-4,12H2,1-2H3,(H2,18,19,20). The first-order valence-electron chi connectivity index (χ1n) is 7.49. The Balaban J connectivity index is 1.89. The fourth-order valence-electron chi connectivity index (χ4n) is 2.16. The first-order valence-corrected chi connectivity index (χ1v) is 7.49. The lowest BCUT2D eigenvalue weighted by atomic mass is 10.1. The molecular weight excluding hydrogens is 280 g/mol. The van der Waals surface area contributed by atoms with Crippen molar-refractivity contribution in [2.75, 3.05) is 25.1 Å². The minimum Gasteiger partial charge on any atom is -0.351 e. The van der Waals surface area contributed by atoms with Crippen LogP contribution in [0.3, 0.4) is 0 Å². The molecule has 0 aliphatic heterocycles. The summed E-state index contributed by atoms with van der Waals surface area (Å²) in [4.78, 5) is 11.9. The second kappa shape index (κ2) is 8.36. The zero-order valence-electron chi connectivity index (χ0n) is 13.0. The average Bonchev–Trinajstić information content (AvgIpc) is 2.53. The molecule has 0 aliphatic rings. The zero-order chi connectivity index (χ0) is 15.8. The van der Waals surface area contributed by atoms with Crippen LogP contribution in [0.5, 0.6) is 0 Å². The summed E-state index contributed by atoms with van der Waals surface area (Å²) in [5.41, 5.74) is 0.751. The number of hydrogen-bond donors (Lipinski definition) is 2. The summed E-state index contributed by atoms with van der Waals surface area (Å²) in [6, 6.07) is 13.5. The van der Waals surface area contributed by atoms with Crippen LogP contribution in [-0.4, -0.2) is 32.1 Å². The van der Waals surface area contributed by atoms with Gasteiger partial charge in [-0.05, 0) is 36.8 Å². The molecule has 0 heterocycles. The number of benzene rings is 2. The highest BCUT2D eigenvalue weighted by Gasteiger charge is 2.10. The Morgan fingerprint density at radius 1 is 1.05 bits per heavy atom. The maximum atomic E-state index is 11.9. The van der Waals surface area contributed by atoms with Gasteiger partial charge in [-0.2, -0.15) is 0 Å². The van der Waals surface area contributed by atoms with Crippen molar-refractivity contribution in [2.45, 2.75) is 20.1 Å². The van der Waals surface area contributed by atoms with Crippen LogP contribution in [0.2, 0.25) is 0 Å². The third-order valence-corrected chi connectivity index (χ3v) is 3.14. The van der Waals surface area contributed by atoms with E-state index in [4.69, 9.17) is 9.47 Å². The summed E-state index contributed by atoms with van der Waals surface area (Å²) in [5, 5.41) is 7.79. The van der Waals surface area contributed by atoms with E-state index in [1.165, 1.54) is 0 Å². The number of fused-ring (bicyclic) bond motifs is 1. The molecule has 2 amide bonds. The molecule has 0 saturated carbocycles. The third kappa shape index (κ3) is 4.72. The largest absolute Gasteiger partial charge is 0.351 e. The van der Waals surface area contributed by atoms with E-state index in [0.717, 1.165) is 16.5 Å². The highest BCUT2D eigenvalue weighted by molar-refractivity contribution is 5.93. The van der Waals surface area contributed by atoms with Crippen LogP contribution in [0.15, 0.2) is 42.5 Å². The van der Waals surface area contributed by atoms with Gasteiger partial charge in [0.05, 0.1) is 6.54 Å². The quantitative estimate of drug-likeness (QED) is 0.771. The van der Waals surface area contributed by atoms with Crippen LogP contribution in [-0.2, 0) is 9.47 Å². The lowest BCUT2D eigenvalue weighted by Crippen LogP contribution is -2.37. The lowest BCUT2D eigenvalue weighted by molar-refractivity contribution is -0.131. The fraction of sp³-hybridized carbons (Fsp3) is 0.353. The number of rotatable bonds is 7. The molecule has 0 spiro atoms. The maximum absolute atomic E-state index is 11.9. The molecule has 0 fully saturated rings. The van der Waals surface area contributed by atoms with Crippen molar-refractivity contribution in [1.29, 1.82) is 0 Å². The van der Waals surface area contributed by atoms with E-state index in [-0.39, 0.29) is 6.03 Å². The minimum atomic E-state index is -0.419. The van der Waals surface area contributed by atoms with Crippen LogP contribution in [0.4, 0.5) is 10.5 Å². The summed E-state index contributed by atoms with van der Waals surface area (Å²) < 4.78 is 10.8. The summed E-state index contributed by atoms with van der Waals surface area (Å²) in [6.45, 7) is 5.17. The van der Waals surface area contributed by atoms with E-state index in [9.17, 15) is 4.79 Å². The average molecular weight is 302 g/mol. The van der Waals surface area contributed by atoms with Crippen molar-refractivity contribution in [3.05, 3.63) is 42.5 Å². The molecule has 22 heavy (non-hydrogen) atoms. The van der Waals surface area contributed by atoms with E-state index in [1.807, 2.05) is 56.3 Å². The molecule has 5 nitrogen and oxygen atoms in total. The third-order valence-electron chi connectivity index (χ3n) is 3.14. The van der Waals surface area contributed by atoms with Gasteiger partial charge < -0.3 is 20.1 Å². The Morgan fingerprint density at radius 2 is 1.73 bits per heavy atom. The van der Waals surface area contributed by atoms with Crippen molar-refractivity contribution in [3.63, 3.8) is 0 Å². The molecule has 118 valence electrons. The van der Waals surface area contributed by atoms with Gasteiger partial charge in [-0.25, -0.2) is 4.79 Å². The van der Waals surface area contributed by atoms with Crippen molar-refractivity contribution >= 4 is 22.5 Å². The molecule has 0 bridgehead atoms. The molecule has 5 heteroatoms. The first kappa shape index (κ1) is 16.3. The lowest BCUT2D eigenvalue weighted by Gasteiger charge is -2.17. The Kier molecular flexibility index (Phi) is 6.18. The van der Waals surface area contributed by atoms with E-state index in [0.29, 0.717) is 19.8 Å². The monoisotopic (exact) mass is 302 g/mol. The first-order chi connectivity index (χ1) is 10.7. The number of amides is 2. The highest BCUT2D eigenvalue weighted by Crippen LogP contribution is 2.18. The molecule has 0 aromatic heterocycles. The van der Waals surface area contributed by atoms with Gasteiger partial charge >= 0.3 is 6.03 Å². The van der Waals surface area contributed by atoms with Crippen LogP contribution >= 0.6 is 0 Å². The Labute approximate surface area is 130 Å². The van der Waals surface area contributed by atoms with Gasteiger partial charge in [0.2, 0.25) is 0 Å². The molecule has 0 aliphatic carbocycles. The normalized spacial score (nSPS) is 10.9. The van der Waals surface area contributed by atoms with Crippen molar-refractivity contribution in [1.82, 2.24) is 5.32 Å². The molecule has 0 unspecified atom stereocenters. The summed E-state index contributed by atoms with van der Waals surface area (Å²) >= 11 is 0. The van der Waals surface area contributed by atoms with Gasteiger partial charge in [0.25, 0.3) is 0 Å². The van der Waals surface area contributed by atoms with Gasteiger partial charge in [-0.15, -0.1) is 0 Å². The number of ether oxygens (including phenoxy) is 2. The van der Waals surface area contributed by atoms with E-state index in [2.05, 4.69) is 10.6 Å². The number of carbonyl (C=O) groups is 1. The minimum absolute atomic E-state index is 0.278. The second-order valence-electron chi connectivity index (χ2n) is 4.74. The van der Waals surface area contributed by atoms with Crippen molar-refractivity contribution in [3.8, 4) is 0 Å². The predicted octanol–water partition coefficient (Wildman–Crippen LogP) is 3.36. The van der Waals surface area contributed by atoms with E-state index < -0.39 is 6.29 Å². The molecule has 2 rings (SSSR count). The number of nitrogens with one attached hydrogen (secondary N) is 2. The summed E-state index contributed by atoms with van der Waals surface area (Å²) in [5.74, 6) is 0. The molecular formula is C17H22N2O3. The molecule has 0 radical (unpaired) electrons. The van der Waals surface area contributed by atoms with Crippen molar-refractivity contribution in [2.24, 2.45) is 0 Å². The smallest absolute Gasteiger partial charge is 0.319 e. The molecule has 2 N–H and O–H groups in total. The van der Waals surface area contributed by atoms with E-state index >= 15 is 0 Å². The van der Waals surface area contributed by atoms with Crippen LogP contribution < -0.4 is 10.6 Å². The zero-order valence-corrected chi connectivity index (χ0v) is 13.0. The molecule has 2 aromatic carbocycles. The van der Waals surface area contributed by atoms with Gasteiger partial charge in [-0.3, -0.25) is 0 Å². The summed E-state index contributed by atoms with van der Waals surface area (Å²) in [6.07, 6.45) is -0.419. The SMILES string of the molecule is CCOC(CNC(=O)Nc1ccc2ccccc2c1)OCC. The Hall–Kier alpha value is -2.11. The van der Waals surface area contributed by atoms with Gasteiger partial charge in [0, 0.05) is 18.9 Å². The van der Waals surface area contributed by atoms with Crippen LogP contribution in [0.1, 0.15) is 13.8 Å². The van der Waals surface area contributed by atoms with Gasteiger partial charge in [-0.1, -0.05) is 30.3 Å². The van der Waals surface area contributed by atoms with Gasteiger partial charge in [0.15, 0.2) is 6.29 Å². The van der Waals surface area contributed by atoms with Crippen LogP contribution in [0, 0.1) is 0 Å². The Bertz CT molecular complexity index is 610.